The van der Waals surface area contributed by atoms with Crippen molar-refractivity contribution in [1.29, 1.82) is 0 Å². The molecule has 1 aromatic rings. The lowest BCUT2D eigenvalue weighted by molar-refractivity contribution is -0.116. The number of aliphatic hydroxyl groups excluding tert-OH is 1. The van der Waals surface area contributed by atoms with Crippen molar-refractivity contribution >= 4 is 11.6 Å². The fourth-order valence-electron chi connectivity index (χ4n) is 1.57. The number of anilines is 1. The van der Waals surface area contributed by atoms with E-state index in [1.165, 1.54) is 0 Å². The zero-order valence-electron chi connectivity index (χ0n) is 11.3. The third-order valence-electron chi connectivity index (χ3n) is 2.58. The van der Waals surface area contributed by atoms with E-state index < -0.39 is 0 Å². The van der Waals surface area contributed by atoms with Crippen molar-refractivity contribution < 1.29 is 14.6 Å². The van der Waals surface area contributed by atoms with E-state index in [-0.39, 0.29) is 12.5 Å². The van der Waals surface area contributed by atoms with Crippen LogP contribution in [0.2, 0.25) is 0 Å². The summed E-state index contributed by atoms with van der Waals surface area (Å²) in [7, 11) is 1.62. The maximum atomic E-state index is 11.7. The van der Waals surface area contributed by atoms with Gasteiger partial charge in [-0.05, 0) is 31.0 Å². The van der Waals surface area contributed by atoms with Gasteiger partial charge in [-0.3, -0.25) is 4.79 Å². The summed E-state index contributed by atoms with van der Waals surface area (Å²) in [4.78, 5) is 11.7. The topological polar surface area (TPSA) is 58.6 Å². The average Bonchev–Trinajstić information content (AvgIpc) is 2.39. The maximum Gasteiger partial charge on any atom is 0.224 e. The molecule has 0 atom stereocenters. The molecule has 0 saturated heterocycles. The average molecular weight is 261 g/mol. The smallest absolute Gasteiger partial charge is 0.224 e. The number of aryl methyl sites for hydroxylation is 1. The van der Waals surface area contributed by atoms with Crippen LogP contribution in [0.1, 0.15) is 24.0 Å². The summed E-state index contributed by atoms with van der Waals surface area (Å²) in [5.41, 5.74) is 2.54. The lowest BCUT2D eigenvalue weighted by Crippen LogP contribution is -2.12. The number of benzene rings is 1. The normalized spacial score (nSPS) is 9.63. The van der Waals surface area contributed by atoms with Crippen LogP contribution in [-0.2, 0) is 9.53 Å². The molecule has 0 unspecified atom stereocenters. The Morgan fingerprint density at radius 3 is 2.95 bits per heavy atom. The molecule has 1 rings (SSSR count). The SMILES string of the molecule is COCCCC(=O)Nc1ccc(C)c(C#CCO)c1. The number of rotatable bonds is 5. The van der Waals surface area contributed by atoms with E-state index in [4.69, 9.17) is 9.84 Å². The Morgan fingerprint density at radius 1 is 1.47 bits per heavy atom. The number of amides is 1. The summed E-state index contributed by atoms with van der Waals surface area (Å²) < 4.78 is 4.90. The molecule has 1 aromatic carbocycles. The molecule has 4 heteroatoms. The van der Waals surface area contributed by atoms with Crippen LogP contribution < -0.4 is 5.32 Å². The molecule has 19 heavy (non-hydrogen) atoms. The van der Waals surface area contributed by atoms with Crippen molar-refractivity contribution in [2.75, 3.05) is 25.6 Å². The van der Waals surface area contributed by atoms with E-state index in [2.05, 4.69) is 17.2 Å². The van der Waals surface area contributed by atoms with E-state index >= 15 is 0 Å². The minimum atomic E-state index is -0.174. The van der Waals surface area contributed by atoms with Gasteiger partial charge in [0, 0.05) is 31.4 Å². The van der Waals surface area contributed by atoms with E-state index in [9.17, 15) is 4.79 Å². The number of hydrogen-bond donors (Lipinski definition) is 2. The summed E-state index contributed by atoms with van der Waals surface area (Å²) in [6, 6.07) is 5.55. The number of carbonyl (C=O) groups excluding carboxylic acids is 1. The Hall–Kier alpha value is -1.83. The van der Waals surface area contributed by atoms with Crippen molar-refractivity contribution in [2.24, 2.45) is 0 Å². The van der Waals surface area contributed by atoms with E-state index in [0.717, 1.165) is 16.8 Å². The molecular weight excluding hydrogens is 242 g/mol. The molecule has 102 valence electrons. The third-order valence-corrected chi connectivity index (χ3v) is 2.58. The Morgan fingerprint density at radius 2 is 2.26 bits per heavy atom. The molecular formula is C15H19NO3. The van der Waals surface area contributed by atoms with Crippen LogP contribution in [-0.4, -0.2) is 31.3 Å². The Kier molecular flexibility index (Phi) is 6.65. The summed E-state index contributed by atoms with van der Waals surface area (Å²) in [6.07, 6.45) is 1.13. The second-order valence-corrected chi connectivity index (χ2v) is 4.13. The van der Waals surface area contributed by atoms with Crippen molar-refractivity contribution in [2.45, 2.75) is 19.8 Å². The fourth-order valence-corrected chi connectivity index (χ4v) is 1.57. The second kappa shape index (κ2) is 8.30. The first-order chi connectivity index (χ1) is 9.17. The molecule has 0 radical (unpaired) electrons. The van der Waals surface area contributed by atoms with Crippen molar-refractivity contribution in [3.05, 3.63) is 29.3 Å². The Bertz CT molecular complexity index is 486. The van der Waals surface area contributed by atoms with Gasteiger partial charge in [-0.25, -0.2) is 0 Å². The molecule has 0 aliphatic rings. The van der Waals surface area contributed by atoms with Gasteiger partial charge in [-0.2, -0.15) is 0 Å². The van der Waals surface area contributed by atoms with Gasteiger partial charge >= 0.3 is 0 Å². The van der Waals surface area contributed by atoms with Gasteiger partial charge in [0.15, 0.2) is 0 Å². The zero-order chi connectivity index (χ0) is 14.1. The summed E-state index contributed by atoms with van der Waals surface area (Å²) in [6.45, 7) is 2.34. The molecule has 0 bridgehead atoms. The van der Waals surface area contributed by atoms with Crippen LogP contribution in [0.3, 0.4) is 0 Å². The number of hydrogen-bond acceptors (Lipinski definition) is 3. The first-order valence-electron chi connectivity index (χ1n) is 6.16. The molecule has 2 N–H and O–H groups in total. The van der Waals surface area contributed by atoms with Crippen LogP contribution >= 0.6 is 0 Å². The van der Waals surface area contributed by atoms with Crippen molar-refractivity contribution in [3.63, 3.8) is 0 Å². The Labute approximate surface area is 113 Å². The fraction of sp³-hybridized carbons (Fsp3) is 0.400. The van der Waals surface area contributed by atoms with Gasteiger partial charge in [0.2, 0.25) is 5.91 Å². The van der Waals surface area contributed by atoms with Gasteiger partial charge < -0.3 is 15.2 Å². The molecule has 0 aliphatic heterocycles. The molecule has 0 fully saturated rings. The first-order valence-corrected chi connectivity index (χ1v) is 6.16. The molecule has 4 nitrogen and oxygen atoms in total. The highest BCUT2D eigenvalue weighted by Gasteiger charge is 2.03. The van der Waals surface area contributed by atoms with E-state index in [1.54, 1.807) is 7.11 Å². The standard InChI is InChI=1S/C15H19NO3/c1-12-7-8-14(11-13(12)5-3-9-17)16-15(18)6-4-10-19-2/h7-8,11,17H,4,6,9-10H2,1-2H3,(H,16,18). The number of ether oxygens (including phenoxy) is 1. The van der Waals surface area contributed by atoms with Gasteiger partial charge in [-0.15, -0.1) is 0 Å². The van der Waals surface area contributed by atoms with Crippen LogP contribution in [0.25, 0.3) is 0 Å². The lowest BCUT2D eigenvalue weighted by Gasteiger charge is -2.07. The number of methoxy groups -OCH3 is 1. The van der Waals surface area contributed by atoms with Gasteiger partial charge in [-0.1, -0.05) is 17.9 Å². The highest BCUT2D eigenvalue weighted by Crippen LogP contribution is 2.14. The minimum absolute atomic E-state index is 0.0398. The van der Waals surface area contributed by atoms with Crippen LogP contribution in [0.15, 0.2) is 18.2 Å². The van der Waals surface area contributed by atoms with E-state index in [1.807, 2.05) is 25.1 Å². The summed E-state index contributed by atoms with van der Waals surface area (Å²) >= 11 is 0. The summed E-state index contributed by atoms with van der Waals surface area (Å²) in [5.74, 6) is 5.42. The van der Waals surface area contributed by atoms with Gasteiger partial charge in [0.1, 0.15) is 6.61 Å². The largest absolute Gasteiger partial charge is 0.385 e. The van der Waals surface area contributed by atoms with Gasteiger partial charge in [0.25, 0.3) is 0 Å². The molecule has 0 spiro atoms. The number of carbonyl (C=O) groups is 1. The molecule has 0 saturated carbocycles. The predicted octanol–water partition coefficient (Wildman–Crippen LogP) is 1.70. The van der Waals surface area contributed by atoms with Crippen LogP contribution in [0.4, 0.5) is 5.69 Å². The summed E-state index contributed by atoms with van der Waals surface area (Å²) in [5, 5.41) is 11.5. The maximum absolute atomic E-state index is 11.7. The molecule has 1 amide bonds. The van der Waals surface area contributed by atoms with Crippen molar-refractivity contribution in [1.82, 2.24) is 0 Å². The van der Waals surface area contributed by atoms with Crippen LogP contribution in [0, 0.1) is 18.8 Å². The molecule has 0 aromatic heterocycles. The molecule has 0 aliphatic carbocycles. The second-order valence-electron chi connectivity index (χ2n) is 4.13. The highest BCUT2D eigenvalue weighted by atomic mass is 16.5. The van der Waals surface area contributed by atoms with Crippen LogP contribution in [0.5, 0.6) is 0 Å². The number of nitrogens with one attached hydrogen (secondary N) is 1. The number of aliphatic hydroxyl groups is 1. The first kappa shape index (κ1) is 15.2. The molecule has 0 heterocycles. The Balaban J connectivity index is 2.66. The minimum Gasteiger partial charge on any atom is -0.385 e. The monoisotopic (exact) mass is 261 g/mol. The zero-order valence-corrected chi connectivity index (χ0v) is 11.3. The van der Waals surface area contributed by atoms with E-state index in [0.29, 0.717) is 19.4 Å². The predicted molar refractivity (Wildman–Crippen MR) is 74.9 cm³/mol. The third kappa shape index (κ3) is 5.56. The highest BCUT2D eigenvalue weighted by molar-refractivity contribution is 5.90. The van der Waals surface area contributed by atoms with Crippen molar-refractivity contribution in [3.8, 4) is 11.8 Å². The lowest BCUT2D eigenvalue weighted by atomic mass is 10.1. The quantitative estimate of drug-likeness (QED) is 0.626. The van der Waals surface area contributed by atoms with Gasteiger partial charge in [0.05, 0.1) is 0 Å².